The average molecular weight is 475 g/mol. The number of nitrogens with one attached hydrogen (secondary N) is 1. The summed E-state index contributed by atoms with van der Waals surface area (Å²) < 4.78 is 2.32. The third kappa shape index (κ3) is 5.36. The SMILES string of the molecule is CCn1cc(CN(C(=S)Nc2cc(Cl)cc(Cl)c2)C2CCCCCC2)c2ccccc21. The number of nitrogens with zero attached hydrogens (tertiary/aromatic N) is 2. The maximum atomic E-state index is 6.21. The molecule has 3 nitrogen and oxygen atoms in total. The highest BCUT2D eigenvalue weighted by Crippen LogP contribution is 2.29. The minimum absolute atomic E-state index is 0.431. The molecule has 2 aromatic carbocycles. The van der Waals surface area contributed by atoms with Gasteiger partial charge in [-0.3, -0.25) is 0 Å². The lowest BCUT2D eigenvalue weighted by Crippen LogP contribution is -2.42. The molecular weight excluding hydrogens is 445 g/mol. The molecule has 4 rings (SSSR count). The standard InChI is InChI=1S/C25H29Cl2N3S/c1-2-29-16-18(23-11-7-8-12-24(23)29)17-30(22-9-5-3-4-6-10-22)25(31)28-21-14-19(26)13-20(27)15-21/h7-8,11-16,22H,2-6,9-10,17H2,1H3,(H,28,31). The van der Waals surface area contributed by atoms with Crippen molar-refractivity contribution >= 4 is 57.1 Å². The number of aromatic nitrogens is 1. The Morgan fingerprint density at radius 1 is 1.06 bits per heavy atom. The lowest BCUT2D eigenvalue weighted by Gasteiger charge is -2.34. The van der Waals surface area contributed by atoms with Crippen LogP contribution in [0, 0.1) is 0 Å². The van der Waals surface area contributed by atoms with E-state index in [4.69, 9.17) is 35.4 Å². The predicted molar refractivity (Wildman–Crippen MR) is 137 cm³/mol. The zero-order chi connectivity index (χ0) is 21.8. The number of hydrogen-bond acceptors (Lipinski definition) is 1. The number of fused-ring (bicyclic) bond motifs is 1. The average Bonchev–Trinajstić information content (AvgIpc) is 2.89. The Hall–Kier alpha value is -1.75. The number of halogens is 2. The van der Waals surface area contributed by atoms with Gasteiger partial charge in [-0.25, -0.2) is 0 Å². The Labute approximate surface area is 200 Å². The van der Waals surface area contributed by atoms with Gasteiger partial charge in [0.05, 0.1) is 0 Å². The highest BCUT2D eigenvalue weighted by molar-refractivity contribution is 7.80. The van der Waals surface area contributed by atoms with Crippen molar-refractivity contribution in [2.45, 2.75) is 64.6 Å². The smallest absolute Gasteiger partial charge is 0.173 e. The lowest BCUT2D eigenvalue weighted by atomic mass is 10.1. The van der Waals surface area contributed by atoms with Gasteiger partial charge in [0, 0.05) is 52.0 Å². The van der Waals surface area contributed by atoms with Crippen LogP contribution in [-0.4, -0.2) is 20.6 Å². The molecule has 1 aliphatic carbocycles. The zero-order valence-electron chi connectivity index (χ0n) is 17.9. The highest BCUT2D eigenvalue weighted by Gasteiger charge is 2.24. The molecule has 1 saturated carbocycles. The lowest BCUT2D eigenvalue weighted by molar-refractivity contribution is 0.281. The molecule has 0 aliphatic heterocycles. The van der Waals surface area contributed by atoms with Gasteiger partial charge < -0.3 is 14.8 Å². The fourth-order valence-corrected chi connectivity index (χ4v) is 5.51. The molecule has 1 heterocycles. The van der Waals surface area contributed by atoms with Gasteiger partial charge in [-0.2, -0.15) is 0 Å². The van der Waals surface area contributed by atoms with Crippen molar-refractivity contribution in [1.29, 1.82) is 0 Å². The first-order valence-corrected chi connectivity index (χ1v) is 12.3. The minimum atomic E-state index is 0.431. The van der Waals surface area contributed by atoms with Crippen LogP contribution >= 0.6 is 35.4 Å². The number of aryl methyl sites for hydroxylation is 1. The number of thiocarbonyl (C=S) groups is 1. The van der Waals surface area contributed by atoms with E-state index in [1.807, 2.05) is 12.1 Å². The summed E-state index contributed by atoms with van der Waals surface area (Å²) in [5.74, 6) is 0. The van der Waals surface area contributed by atoms with Crippen LogP contribution in [0.2, 0.25) is 10.0 Å². The first kappa shape index (κ1) is 22.4. The van der Waals surface area contributed by atoms with Crippen LogP contribution in [0.1, 0.15) is 51.0 Å². The van der Waals surface area contributed by atoms with Gasteiger partial charge in [0.25, 0.3) is 0 Å². The van der Waals surface area contributed by atoms with Crippen LogP contribution in [0.4, 0.5) is 5.69 Å². The summed E-state index contributed by atoms with van der Waals surface area (Å²) in [5.41, 5.74) is 3.42. The summed E-state index contributed by atoms with van der Waals surface area (Å²) in [6.07, 6.45) is 9.75. The van der Waals surface area contributed by atoms with Gasteiger partial charge in [-0.15, -0.1) is 0 Å². The van der Waals surface area contributed by atoms with E-state index in [2.05, 4.69) is 52.2 Å². The first-order valence-electron chi connectivity index (χ1n) is 11.2. The first-order chi connectivity index (χ1) is 15.0. The molecule has 0 radical (unpaired) electrons. The molecule has 1 aliphatic rings. The zero-order valence-corrected chi connectivity index (χ0v) is 20.2. The van der Waals surface area contributed by atoms with Crippen molar-refractivity contribution in [2.24, 2.45) is 0 Å². The summed E-state index contributed by atoms with van der Waals surface area (Å²) >= 11 is 18.4. The third-order valence-corrected chi connectivity index (χ3v) is 6.97. The van der Waals surface area contributed by atoms with E-state index in [1.165, 1.54) is 55.0 Å². The Morgan fingerprint density at radius 2 is 1.74 bits per heavy atom. The summed E-state index contributed by atoms with van der Waals surface area (Å²) in [5, 5.41) is 6.65. The highest BCUT2D eigenvalue weighted by atomic mass is 35.5. The fourth-order valence-electron chi connectivity index (χ4n) is 4.65. The van der Waals surface area contributed by atoms with Crippen LogP contribution in [-0.2, 0) is 13.1 Å². The normalized spacial score (nSPS) is 15.1. The van der Waals surface area contributed by atoms with Crippen molar-refractivity contribution < 1.29 is 0 Å². The molecule has 0 amide bonds. The Kier molecular flexibility index (Phi) is 7.42. The van der Waals surface area contributed by atoms with Crippen LogP contribution < -0.4 is 5.32 Å². The van der Waals surface area contributed by atoms with Gasteiger partial charge >= 0.3 is 0 Å². The van der Waals surface area contributed by atoms with E-state index in [9.17, 15) is 0 Å². The van der Waals surface area contributed by atoms with Crippen molar-refractivity contribution in [2.75, 3.05) is 5.32 Å². The second-order valence-electron chi connectivity index (χ2n) is 8.32. The van der Waals surface area contributed by atoms with E-state index in [1.54, 1.807) is 6.07 Å². The van der Waals surface area contributed by atoms with Gasteiger partial charge in [-0.05, 0) is 61.8 Å². The molecule has 3 aromatic rings. The Balaban J connectivity index is 1.65. The van der Waals surface area contributed by atoms with Crippen LogP contribution in [0.25, 0.3) is 10.9 Å². The maximum absolute atomic E-state index is 6.21. The van der Waals surface area contributed by atoms with E-state index < -0.39 is 0 Å². The van der Waals surface area contributed by atoms with Crippen LogP contribution in [0.5, 0.6) is 0 Å². The van der Waals surface area contributed by atoms with Gasteiger partial charge in [0.1, 0.15) is 0 Å². The molecule has 0 bridgehead atoms. The molecule has 164 valence electrons. The number of rotatable bonds is 5. The van der Waals surface area contributed by atoms with Gasteiger partial charge in [-0.1, -0.05) is 67.1 Å². The summed E-state index contributed by atoms with van der Waals surface area (Å²) in [6, 6.07) is 14.5. The van der Waals surface area contributed by atoms with Gasteiger partial charge in [0.15, 0.2) is 5.11 Å². The number of para-hydroxylation sites is 1. The quantitative estimate of drug-likeness (QED) is 0.300. The number of hydrogen-bond donors (Lipinski definition) is 1. The third-order valence-electron chi connectivity index (χ3n) is 6.19. The van der Waals surface area contributed by atoms with Crippen molar-refractivity contribution in [3.05, 3.63) is 64.3 Å². The van der Waals surface area contributed by atoms with Crippen LogP contribution in [0.3, 0.4) is 0 Å². The van der Waals surface area contributed by atoms with Crippen molar-refractivity contribution in [3.63, 3.8) is 0 Å². The molecule has 31 heavy (non-hydrogen) atoms. The molecule has 0 unspecified atom stereocenters. The number of anilines is 1. The summed E-state index contributed by atoms with van der Waals surface area (Å²) in [6.45, 7) is 3.93. The molecular formula is C25H29Cl2N3S. The summed E-state index contributed by atoms with van der Waals surface area (Å²) in [4.78, 5) is 2.39. The number of benzene rings is 2. The topological polar surface area (TPSA) is 20.2 Å². The van der Waals surface area contributed by atoms with Crippen LogP contribution in [0.15, 0.2) is 48.7 Å². The second kappa shape index (κ2) is 10.2. The van der Waals surface area contributed by atoms with Gasteiger partial charge in [0.2, 0.25) is 0 Å². The summed E-state index contributed by atoms with van der Waals surface area (Å²) in [7, 11) is 0. The Bertz CT molecular complexity index is 1030. The molecule has 1 aromatic heterocycles. The minimum Gasteiger partial charge on any atom is -0.347 e. The van der Waals surface area contributed by atoms with E-state index in [0.29, 0.717) is 16.1 Å². The molecule has 1 N–H and O–H groups in total. The molecule has 1 fully saturated rings. The molecule has 0 spiro atoms. The predicted octanol–water partition coefficient (Wildman–Crippen LogP) is 7.89. The molecule has 6 heteroatoms. The van der Waals surface area contributed by atoms with E-state index >= 15 is 0 Å². The van der Waals surface area contributed by atoms with Crippen molar-refractivity contribution in [3.8, 4) is 0 Å². The molecule has 0 saturated heterocycles. The fraction of sp³-hybridized carbons (Fsp3) is 0.400. The maximum Gasteiger partial charge on any atom is 0.173 e. The monoisotopic (exact) mass is 473 g/mol. The largest absolute Gasteiger partial charge is 0.347 e. The molecule has 0 atom stereocenters. The second-order valence-corrected chi connectivity index (χ2v) is 9.58. The Morgan fingerprint density at radius 3 is 2.42 bits per heavy atom. The van der Waals surface area contributed by atoms with E-state index in [0.717, 1.165) is 23.9 Å². The van der Waals surface area contributed by atoms with Crippen molar-refractivity contribution in [1.82, 2.24) is 9.47 Å². The van der Waals surface area contributed by atoms with E-state index in [-0.39, 0.29) is 0 Å².